The lowest BCUT2D eigenvalue weighted by Crippen LogP contribution is -2.38. The van der Waals surface area contributed by atoms with Crippen LogP contribution in [0, 0.1) is 11.3 Å². The number of hydrogen-bond acceptors (Lipinski definition) is 6. The van der Waals surface area contributed by atoms with Crippen LogP contribution in [0.3, 0.4) is 0 Å². The van der Waals surface area contributed by atoms with Gasteiger partial charge in [0.15, 0.2) is 0 Å². The molecule has 1 heterocycles. The highest BCUT2D eigenvalue weighted by atomic mass is 32.2. The fourth-order valence-corrected chi connectivity index (χ4v) is 4.20. The third-order valence-electron chi connectivity index (χ3n) is 4.85. The first kappa shape index (κ1) is 26.5. The number of ether oxygens (including phenoxy) is 2. The molecule has 1 aromatic carbocycles. The molecule has 178 valence electrons. The third kappa shape index (κ3) is 7.40. The second-order valence-corrected chi connectivity index (χ2v) is 10.9. The molecule has 0 N–H and O–H groups in total. The predicted molar refractivity (Wildman–Crippen MR) is 132 cm³/mol. The van der Waals surface area contributed by atoms with Gasteiger partial charge in [0.1, 0.15) is 17.2 Å². The Balaban J connectivity index is 2.62. The molecule has 0 aliphatic carbocycles. The zero-order chi connectivity index (χ0) is 24.8. The number of carbonyl (C=O) groups excluding carboxylic acids is 2. The number of rotatable bonds is 4. The highest BCUT2D eigenvalue weighted by molar-refractivity contribution is 8.03. The average molecular weight is 471 g/mol. The molecule has 33 heavy (non-hydrogen) atoms. The molecule has 1 aliphatic rings. The first-order chi connectivity index (χ1) is 15.4. The molecule has 2 rings (SSSR count). The second-order valence-electron chi connectivity index (χ2n) is 9.76. The Bertz CT molecular complexity index is 974. The lowest BCUT2D eigenvalue weighted by molar-refractivity contribution is -0.137. The number of benzene rings is 1. The quantitative estimate of drug-likeness (QED) is 0.303. The van der Waals surface area contributed by atoms with Gasteiger partial charge in [-0.15, -0.1) is 11.8 Å². The summed E-state index contributed by atoms with van der Waals surface area (Å²) in [4.78, 5) is 27.0. The van der Waals surface area contributed by atoms with Gasteiger partial charge in [-0.25, -0.2) is 9.59 Å². The van der Waals surface area contributed by atoms with Crippen LogP contribution < -0.4 is 0 Å². The van der Waals surface area contributed by atoms with Crippen molar-refractivity contribution < 1.29 is 19.1 Å². The molecule has 0 unspecified atom stereocenters. The molecular weight excluding hydrogens is 436 g/mol. The largest absolute Gasteiger partial charge is 0.462 e. The van der Waals surface area contributed by atoms with Crippen LogP contribution in [0.2, 0.25) is 0 Å². The summed E-state index contributed by atoms with van der Waals surface area (Å²) in [5.74, 6) is 0.138. The lowest BCUT2D eigenvalue weighted by Gasteiger charge is -2.31. The van der Waals surface area contributed by atoms with E-state index in [1.54, 1.807) is 17.9 Å². The Morgan fingerprint density at radius 1 is 1.15 bits per heavy atom. The predicted octanol–water partition coefficient (Wildman–Crippen LogP) is 6.04. The lowest BCUT2D eigenvalue weighted by atomic mass is 9.86. The smallest absolute Gasteiger partial charge is 0.415 e. The van der Waals surface area contributed by atoms with Gasteiger partial charge in [0.05, 0.1) is 11.6 Å². The zero-order valence-corrected chi connectivity index (χ0v) is 21.5. The molecule has 0 spiro atoms. The minimum atomic E-state index is -0.684. The first-order valence-electron chi connectivity index (χ1n) is 11.1. The van der Waals surface area contributed by atoms with E-state index in [1.165, 1.54) is 11.8 Å². The van der Waals surface area contributed by atoms with Crippen molar-refractivity contribution in [3.8, 4) is 6.07 Å². The highest BCUT2D eigenvalue weighted by Gasteiger charge is 2.28. The van der Waals surface area contributed by atoms with E-state index in [4.69, 9.17) is 9.47 Å². The molecule has 0 atom stereocenters. The van der Waals surface area contributed by atoms with E-state index in [-0.39, 0.29) is 17.6 Å². The maximum Gasteiger partial charge on any atom is 0.415 e. The molecule has 1 saturated heterocycles. The van der Waals surface area contributed by atoms with Gasteiger partial charge in [0, 0.05) is 17.9 Å². The van der Waals surface area contributed by atoms with Gasteiger partial charge < -0.3 is 9.47 Å². The third-order valence-corrected chi connectivity index (χ3v) is 5.97. The summed E-state index contributed by atoms with van der Waals surface area (Å²) >= 11 is 1.50. The van der Waals surface area contributed by atoms with Crippen LogP contribution in [-0.2, 0) is 19.7 Å². The fourth-order valence-electron chi connectivity index (χ4n) is 3.20. The van der Waals surface area contributed by atoms with E-state index >= 15 is 0 Å². The summed E-state index contributed by atoms with van der Waals surface area (Å²) in [6.45, 7) is 14.2. The number of carbonyl (C=O) groups is 2. The van der Waals surface area contributed by atoms with Gasteiger partial charge in [-0.3, -0.25) is 4.90 Å². The molecule has 1 aliphatic heterocycles. The molecule has 1 amide bonds. The normalized spacial score (nSPS) is 16.7. The summed E-state index contributed by atoms with van der Waals surface area (Å²) < 4.78 is 10.7. The van der Waals surface area contributed by atoms with Gasteiger partial charge >= 0.3 is 12.1 Å². The minimum absolute atomic E-state index is 0.0349. The van der Waals surface area contributed by atoms with E-state index in [0.717, 1.165) is 17.7 Å². The molecular formula is C26H34N2O4S. The maximum atomic E-state index is 12.8. The number of amides is 1. The Labute approximate surface area is 201 Å². The summed E-state index contributed by atoms with van der Waals surface area (Å²) in [7, 11) is 0. The molecule has 0 aromatic heterocycles. The van der Waals surface area contributed by atoms with Crippen LogP contribution in [0.4, 0.5) is 4.79 Å². The van der Waals surface area contributed by atoms with E-state index in [1.807, 2.05) is 51.1 Å². The summed E-state index contributed by atoms with van der Waals surface area (Å²) in [6.07, 6.45) is 2.11. The monoisotopic (exact) mass is 470 g/mol. The molecule has 7 heteroatoms. The Morgan fingerprint density at radius 3 is 2.30 bits per heavy atom. The van der Waals surface area contributed by atoms with Crippen molar-refractivity contribution in [1.29, 1.82) is 5.26 Å². The van der Waals surface area contributed by atoms with Crippen molar-refractivity contribution in [2.24, 2.45) is 0 Å². The topological polar surface area (TPSA) is 79.6 Å². The summed E-state index contributed by atoms with van der Waals surface area (Å²) in [5.41, 5.74) is 1.50. The van der Waals surface area contributed by atoms with Crippen molar-refractivity contribution >= 4 is 29.4 Å². The number of esters is 1. The van der Waals surface area contributed by atoms with Gasteiger partial charge in [0.2, 0.25) is 0 Å². The fraction of sp³-hybridized carbons (Fsp3) is 0.500. The number of hydrogen-bond donors (Lipinski definition) is 0. The Hall–Kier alpha value is -2.72. The van der Waals surface area contributed by atoms with Crippen LogP contribution >= 0.6 is 11.8 Å². The number of allylic oxidation sites excluding steroid dienone is 2. The van der Waals surface area contributed by atoms with Crippen LogP contribution in [-0.4, -0.2) is 41.5 Å². The molecule has 1 fully saturated rings. The van der Waals surface area contributed by atoms with E-state index in [2.05, 4.69) is 20.8 Å². The van der Waals surface area contributed by atoms with Gasteiger partial charge in [0.25, 0.3) is 0 Å². The molecule has 0 bridgehead atoms. The van der Waals surface area contributed by atoms with Crippen molar-refractivity contribution in [3.63, 3.8) is 0 Å². The SMILES string of the molecule is CCOC(=O)/C(C#N)=C(\C=C1/SCCCN1C(=O)OC(C)(C)C)c1ccc(C(C)(C)C)cc1. The Kier molecular flexibility index (Phi) is 8.79. The van der Waals surface area contributed by atoms with Gasteiger partial charge in [-0.1, -0.05) is 45.0 Å². The van der Waals surface area contributed by atoms with Crippen molar-refractivity contribution in [1.82, 2.24) is 4.90 Å². The van der Waals surface area contributed by atoms with Gasteiger partial charge in [-0.05, 0) is 56.7 Å². The van der Waals surface area contributed by atoms with E-state index in [0.29, 0.717) is 22.7 Å². The van der Waals surface area contributed by atoms with Crippen molar-refractivity contribution in [3.05, 3.63) is 52.1 Å². The molecule has 0 saturated carbocycles. The highest BCUT2D eigenvalue weighted by Crippen LogP contribution is 2.34. The second kappa shape index (κ2) is 10.9. The number of thioether (sulfide) groups is 1. The number of nitrogens with zero attached hydrogens (tertiary/aromatic N) is 2. The standard InChI is InChI=1S/C26H34N2O4S/c1-8-31-23(29)21(17-27)20(18-10-12-19(13-11-18)25(2,3)4)16-22-28(14-9-15-33-22)24(30)32-26(5,6)7/h10-13,16H,8-9,14-15H2,1-7H3/b21-20+,22-16-. The first-order valence-corrected chi connectivity index (χ1v) is 12.1. The van der Waals surface area contributed by atoms with Crippen LogP contribution in [0.1, 0.15) is 66.0 Å². The average Bonchev–Trinajstić information content (AvgIpc) is 2.72. The van der Waals surface area contributed by atoms with Crippen LogP contribution in [0.15, 0.2) is 40.9 Å². The van der Waals surface area contributed by atoms with E-state index < -0.39 is 17.7 Å². The Morgan fingerprint density at radius 2 is 1.79 bits per heavy atom. The molecule has 0 radical (unpaired) electrons. The molecule has 6 nitrogen and oxygen atoms in total. The van der Waals surface area contributed by atoms with Crippen LogP contribution in [0.25, 0.3) is 5.57 Å². The number of nitriles is 1. The summed E-state index contributed by atoms with van der Waals surface area (Å²) in [6, 6.07) is 9.80. The molecule has 1 aromatic rings. The van der Waals surface area contributed by atoms with Crippen molar-refractivity contribution in [2.75, 3.05) is 18.9 Å². The van der Waals surface area contributed by atoms with Gasteiger partial charge in [-0.2, -0.15) is 5.26 Å². The minimum Gasteiger partial charge on any atom is -0.462 e. The maximum absolute atomic E-state index is 12.8. The van der Waals surface area contributed by atoms with E-state index in [9.17, 15) is 14.9 Å². The van der Waals surface area contributed by atoms with Crippen molar-refractivity contribution in [2.45, 2.75) is 65.9 Å². The summed E-state index contributed by atoms with van der Waals surface area (Å²) in [5, 5.41) is 10.5. The zero-order valence-electron chi connectivity index (χ0n) is 20.7. The van der Waals surface area contributed by atoms with Crippen LogP contribution in [0.5, 0.6) is 0 Å².